The quantitative estimate of drug-likeness (QED) is 0.266. The highest BCUT2D eigenvalue weighted by molar-refractivity contribution is 6.30. The second kappa shape index (κ2) is 11.4. The summed E-state index contributed by atoms with van der Waals surface area (Å²) in [6, 6.07) is 12.4. The van der Waals surface area contributed by atoms with Gasteiger partial charge in [-0.25, -0.2) is 14.2 Å². The first kappa shape index (κ1) is 29.4. The second-order valence-electron chi connectivity index (χ2n) is 12.2. The lowest BCUT2D eigenvalue weighted by molar-refractivity contribution is -0.0716. The fourth-order valence-electron chi connectivity index (χ4n) is 6.93. The minimum atomic E-state index is -1.09. The van der Waals surface area contributed by atoms with Crippen molar-refractivity contribution in [2.75, 3.05) is 44.9 Å². The van der Waals surface area contributed by atoms with Gasteiger partial charge >= 0.3 is 5.97 Å². The lowest BCUT2D eigenvalue weighted by Crippen LogP contribution is -2.59. The number of aromatic nitrogens is 3. The molecule has 11 nitrogen and oxygen atoms in total. The number of fused-ring (bicyclic) bond motifs is 3. The summed E-state index contributed by atoms with van der Waals surface area (Å²) >= 11 is 6.07. The molecule has 2 aromatic heterocycles. The number of carbonyl (C=O) groups is 1. The van der Waals surface area contributed by atoms with Gasteiger partial charge in [0.05, 0.1) is 73.4 Å². The molecule has 2 aromatic carbocycles. The lowest BCUT2D eigenvalue weighted by Gasteiger charge is -2.44. The van der Waals surface area contributed by atoms with E-state index in [1.807, 2.05) is 29.7 Å². The lowest BCUT2D eigenvalue weighted by atomic mass is 10.0. The van der Waals surface area contributed by atoms with Gasteiger partial charge in [0.1, 0.15) is 17.0 Å². The van der Waals surface area contributed by atoms with Crippen LogP contribution in [0.15, 0.2) is 48.7 Å². The first-order valence-electron chi connectivity index (χ1n) is 15.4. The van der Waals surface area contributed by atoms with E-state index in [4.69, 9.17) is 40.3 Å². The van der Waals surface area contributed by atoms with E-state index in [2.05, 4.69) is 14.8 Å². The van der Waals surface area contributed by atoms with E-state index in [0.29, 0.717) is 79.6 Å². The molecule has 0 bridgehead atoms. The van der Waals surface area contributed by atoms with Crippen LogP contribution in [0.1, 0.15) is 35.2 Å². The summed E-state index contributed by atoms with van der Waals surface area (Å²) in [6.45, 7) is 6.07. The molecular weight excluding hydrogens is 617 g/mol. The smallest absolute Gasteiger partial charge is 0.338 e. The second-order valence-corrected chi connectivity index (χ2v) is 12.6. The summed E-state index contributed by atoms with van der Waals surface area (Å²) in [7, 11) is 1.29. The zero-order valence-electron chi connectivity index (χ0n) is 25.4. The van der Waals surface area contributed by atoms with Crippen molar-refractivity contribution in [1.29, 1.82) is 0 Å². The highest BCUT2D eigenvalue weighted by Gasteiger charge is 2.46. The van der Waals surface area contributed by atoms with Crippen LogP contribution in [0.3, 0.4) is 0 Å². The Morgan fingerprint density at radius 1 is 1.15 bits per heavy atom. The number of para-hydroxylation sites is 1. The van der Waals surface area contributed by atoms with Gasteiger partial charge in [-0.2, -0.15) is 0 Å². The van der Waals surface area contributed by atoms with E-state index in [9.17, 15) is 4.79 Å². The molecule has 8 rings (SSSR count). The highest BCUT2D eigenvalue weighted by atomic mass is 35.5. The van der Waals surface area contributed by atoms with Crippen LogP contribution in [0.2, 0.25) is 5.02 Å². The van der Waals surface area contributed by atoms with Crippen LogP contribution in [0.25, 0.3) is 11.0 Å². The Morgan fingerprint density at radius 3 is 2.76 bits per heavy atom. The maximum atomic E-state index is 15.3. The molecule has 46 heavy (non-hydrogen) atoms. The van der Waals surface area contributed by atoms with Crippen LogP contribution in [0, 0.1) is 5.82 Å². The molecule has 0 aliphatic carbocycles. The fourth-order valence-corrected chi connectivity index (χ4v) is 7.04. The van der Waals surface area contributed by atoms with Crippen LogP contribution in [0.4, 0.5) is 10.1 Å². The summed E-state index contributed by atoms with van der Waals surface area (Å²) in [5, 5.41) is 0.539. The van der Waals surface area contributed by atoms with Crippen molar-refractivity contribution < 1.29 is 32.9 Å². The standard InChI is InChI=1S/C33H33ClFN5O6/c1-33(28-7-6-20(34)14-36-28)45-27-5-3-4-23(31(27)46-33)39-10-9-38(25-17-43-18-26(25)39)16-29-37-30-22(35)12-19(32(41)42-2)13-24(30)40(29)15-21-8-11-44-21/h3-7,12-14,21,25-26H,8-11,15-18H2,1-2H3/t21-,25?,26?,33?/m0/s1. The average Bonchev–Trinajstić information content (AvgIpc) is 3.75. The molecule has 6 heterocycles. The Bertz CT molecular complexity index is 1820. The van der Waals surface area contributed by atoms with Crippen molar-refractivity contribution in [2.45, 2.75) is 50.4 Å². The Balaban J connectivity index is 1.08. The molecule has 4 aliphatic rings. The number of pyridine rings is 1. The Labute approximate surface area is 269 Å². The third-order valence-corrected chi connectivity index (χ3v) is 9.64. The number of anilines is 1. The molecule has 3 saturated heterocycles. The van der Waals surface area contributed by atoms with Gasteiger partial charge in [-0.1, -0.05) is 17.7 Å². The van der Waals surface area contributed by atoms with E-state index in [1.165, 1.54) is 13.2 Å². The van der Waals surface area contributed by atoms with Crippen LogP contribution < -0.4 is 14.4 Å². The zero-order chi connectivity index (χ0) is 31.6. The first-order valence-corrected chi connectivity index (χ1v) is 15.8. The maximum absolute atomic E-state index is 15.3. The van der Waals surface area contributed by atoms with Crippen molar-refractivity contribution >= 4 is 34.3 Å². The molecule has 0 N–H and O–H groups in total. The molecule has 0 saturated carbocycles. The molecule has 4 aromatic rings. The van der Waals surface area contributed by atoms with Gasteiger partial charge in [-0.05, 0) is 42.8 Å². The molecule has 240 valence electrons. The monoisotopic (exact) mass is 649 g/mol. The predicted octanol–water partition coefficient (Wildman–Crippen LogP) is 4.53. The zero-order valence-corrected chi connectivity index (χ0v) is 26.2. The van der Waals surface area contributed by atoms with Crippen molar-refractivity contribution in [1.82, 2.24) is 19.4 Å². The normalized spacial score (nSPS) is 25.5. The van der Waals surface area contributed by atoms with Crippen molar-refractivity contribution in [3.63, 3.8) is 0 Å². The highest BCUT2D eigenvalue weighted by Crippen LogP contribution is 2.50. The Morgan fingerprint density at radius 2 is 2.00 bits per heavy atom. The molecule has 3 unspecified atom stereocenters. The van der Waals surface area contributed by atoms with E-state index < -0.39 is 17.6 Å². The number of esters is 1. The van der Waals surface area contributed by atoms with Gasteiger partial charge < -0.3 is 33.2 Å². The van der Waals surface area contributed by atoms with Gasteiger partial charge in [0.15, 0.2) is 17.3 Å². The van der Waals surface area contributed by atoms with Gasteiger partial charge in [0.2, 0.25) is 0 Å². The molecule has 13 heteroatoms. The number of hydrogen-bond acceptors (Lipinski definition) is 10. The summed E-state index contributed by atoms with van der Waals surface area (Å²) in [6.07, 6.45) is 2.50. The number of ether oxygens (including phenoxy) is 5. The summed E-state index contributed by atoms with van der Waals surface area (Å²) < 4.78 is 46.8. The van der Waals surface area contributed by atoms with Gasteiger partial charge in [-0.15, -0.1) is 0 Å². The molecular formula is C33H33ClFN5O6. The van der Waals surface area contributed by atoms with Crippen LogP contribution in [-0.2, 0) is 33.1 Å². The Hall–Kier alpha value is -3.97. The largest absolute Gasteiger partial charge is 0.465 e. The van der Waals surface area contributed by atoms with E-state index in [-0.39, 0.29) is 29.3 Å². The number of piperazine rings is 1. The van der Waals surface area contributed by atoms with Crippen molar-refractivity contribution in [3.8, 4) is 11.5 Å². The number of benzene rings is 2. The van der Waals surface area contributed by atoms with Gasteiger partial charge in [-0.3, -0.25) is 9.88 Å². The van der Waals surface area contributed by atoms with Gasteiger partial charge in [0, 0.05) is 32.8 Å². The number of rotatable bonds is 7. The summed E-state index contributed by atoms with van der Waals surface area (Å²) in [5.41, 5.74) is 2.49. The van der Waals surface area contributed by atoms with Gasteiger partial charge in [0.25, 0.3) is 5.79 Å². The third-order valence-electron chi connectivity index (χ3n) is 9.41. The topological polar surface area (TPSA) is 100 Å². The maximum Gasteiger partial charge on any atom is 0.338 e. The molecule has 0 radical (unpaired) electrons. The number of nitrogens with zero attached hydrogens (tertiary/aromatic N) is 5. The minimum Gasteiger partial charge on any atom is -0.465 e. The van der Waals surface area contributed by atoms with E-state index in [1.54, 1.807) is 24.4 Å². The number of hydrogen-bond donors (Lipinski definition) is 0. The molecule has 0 spiro atoms. The number of methoxy groups -OCH3 is 1. The molecule has 4 aliphatic heterocycles. The molecule has 4 atom stereocenters. The third kappa shape index (κ3) is 4.95. The minimum absolute atomic E-state index is 0.0107. The molecule has 0 amide bonds. The fraction of sp³-hybridized carbons (Fsp3) is 0.424. The number of carbonyl (C=O) groups excluding carboxylic acids is 1. The predicted molar refractivity (Wildman–Crippen MR) is 166 cm³/mol. The van der Waals surface area contributed by atoms with E-state index >= 15 is 4.39 Å². The van der Waals surface area contributed by atoms with Crippen molar-refractivity contribution in [2.24, 2.45) is 0 Å². The number of halogens is 2. The summed E-state index contributed by atoms with van der Waals surface area (Å²) in [4.78, 5) is 26.2. The number of imidazole rings is 1. The van der Waals surface area contributed by atoms with Crippen LogP contribution in [-0.4, -0.2) is 83.6 Å². The first-order chi connectivity index (χ1) is 22.3. The van der Waals surface area contributed by atoms with E-state index in [0.717, 1.165) is 12.1 Å². The Kier molecular flexibility index (Phi) is 7.28. The van der Waals surface area contributed by atoms with Crippen molar-refractivity contribution in [3.05, 3.63) is 76.6 Å². The SMILES string of the molecule is COC(=O)c1cc(F)c2nc(CN3CCN(c4cccc5c4OC(C)(c4ccc(Cl)cn4)O5)C4COCC43)n(C[C@@H]3CCO3)c2c1. The average molecular weight is 650 g/mol. The molecule has 3 fully saturated rings. The van der Waals surface area contributed by atoms with Crippen LogP contribution in [0.5, 0.6) is 11.5 Å². The van der Waals surface area contributed by atoms with Crippen LogP contribution >= 0.6 is 11.6 Å². The summed E-state index contributed by atoms with van der Waals surface area (Å²) in [5.74, 6) is -0.212.